The van der Waals surface area contributed by atoms with Gasteiger partial charge in [-0.25, -0.2) is 14.6 Å². The van der Waals surface area contributed by atoms with Crippen molar-refractivity contribution < 1.29 is 38.3 Å². The van der Waals surface area contributed by atoms with E-state index < -0.39 is 41.9 Å². The maximum absolute atomic E-state index is 13.5. The number of alkyl carbamates (subject to hydrolysis) is 1. The summed E-state index contributed by atoms with van der Waals surface area (Å²) in [6.45, 7) is 11.2. The van der Waals surface area contributed by atoms with Crippen LogP contribution in [0.15, 0.2) is 71.5 Å². The molecule has 19 nitrogen and oxygen atoms in total. The number of hydrogen-bond acceptors (Lipinski definition) is 11. The fraction of sp³-hybridized carbons (Fsp3) is 0.460. The Morgan fingerprint density at radius 1 is 0.783 bits per heavy atom. The number of hydrogen-bond donors (Lipinski definition) is 8. The van der Waals surface area contributed by atoms with E-state index in [2.05, 4.69) is 48.8 Å². The van der Waals surface area contributed by atoms with Gasteiger partial charge >= 0.3 is 12.1 Å². The predicted octanol–water partition coefficient (Wildman–Crippen LogP) is 6.17. The number of unbranched alkanes of at least 4 members (excludes halogenated alkanes) is 3. The number of fused-ring (bicyclic) bond motifs is 1. The Labute approximate surface area is 404 Å². The molecule has 372 valence electrons. The van der Waals surface area contributed by atoms with Gasteiger partial charge in [-0.15, -0.1) is 0 Å². The second-order valence-corrected chi connectivity index (χ2v) is 17.3. The Morgan fingerprint density at radius 2 is 1.52 bits per heavy atom. The molecule has 0 aliphatic carbocycles. The van der Waals surface area contributed by atoms with Crippen molar-refractivity contribution in [3.8, 4) is 0 Å². The number of nitrogens with one attached hydrogen (secondary N) is 6. The van der Waals surface area contributed by atoms with Gasteiger partial charge < -0.3 is 53.0 Å². The number of ether oxygens (including phenoxy) is 1. The van der Waals surface area contributed by atoms with Gasteiger partial charge in [0, 0.05) is 67.6 Å². The molecule has 2 atom stereocenters. The molecule has 10 N–H and O–H groups in total. The highest BCUT2D eigenvalue weighted by Crippen LogP contribution is 2.29. The van der Waals surface area contributed by atoms with Gasteiger partial charge in [0.1, 0.15) is 24.5 Å². The molecule has 0 unspecified atom stereocenters. The third-order valence-corrected chi connectivity index (χ3v) is 11.0. The average molecular weight is 952 g/mol. The minimum Gasteiger partial charge on any atom is -0.445 e. The maximum Gasteiger partial charge on any atom is 0.407 e. The zero-order valence-electron chi connectivity index (χ0n) is 40.5. The molecule has 3 aromatic rings. The maximum atomic E-state index is 13.5. The second-order valence-electron chi connectivity index (χ2n) is 17.3. The minimum atomic E-state index is -0.998. The molecule has 0 bridgehead atoms. The van der Waals surface area contributed by atoms with Gasteiger partial charge in [0.15, 0.2) is 0 Å². The summed E-state index contributed by atoms with van der Waals surface area (Å²) in [4.78, 5) is 101. The van der Waals surface area contributed by atoms with Crippen LogP contribution in [-0.4, -0.2) is 89.1 Å². The molecule has 2 aromatic carbocycles. The van der Waals surface area contributed by atoms with Crippen molar-refractivity contribution in [1.29, 1.82) is 0 Å². The molecule has 1 aromatic heterocycles. The third-order valence-electron chi connectivity index (χ3n) is 11.0. The lowest BCUT2D eigenvalue weighted by Crippen LogP contribution is -2.54. The average Bonchev–Trinajstić information content (AvgIpc) is 3.49. The van der Waals surface area contributed by atoms with Crippen LogP contribution in [0, 0.1) is 5.92 Å². The number of amidine groups is 1. The van der Waals surface area contributed by atoms with Crippen molar-refractivity contribution in [1.82, 2.24) is 31.2 Å². The smallest absolute Gasteiger partial charge is 0.407 e. The monoisotopic (exact) mass is 952 g/mol. The van der Waals surface area contributed by atoms with E-state index in [-0.39, 0.29) is 56.1 Å². The van der Waals surface area contributed by atoms with Crippen LogP contribution < -0.4 is 43.4 Å². The van der Waals surface area contributed by atoms with Crippen LogP contribution in [0.25, 0.3) is 6.08 Å². The van der Waals surface area contributed by atoms with Crippen LogP contribution in [0.4, 0.5) is 26.7 Å². The van der Waals surface area contributed by atoms with Gasteiger partial charge in [0.2, 0.25) is 23.6 Å². The number of aromatic nitrogens is 1. The van der Waals surface area contributed by atoms with Crippen LogP contribution >= 0.6 is 0 Å². The molecular formula is C50H69N11O8. The van der Waals surface area contributed by atoms with E-state index in [1.807, 2.05) is 32.6 Å². The first kappa shape index (κ1) is 54.3. The summed E-state index contributed by atoms with van der Waals surface area (Å²) in [5.41, 5.74) is 15.5. The van der Waals surface area contributed by atoms with E-state index in [9.17, 15) is 33.6 Å². The van der Waals surface area contributed by atoms with Crippen LogP contribution in [0.5, 0.6) is 0 Å². The lowest BCUT2D eigenvalue weighted by atomic mass is 10.0. The van der Waals surface area contributed by atoms with Gasteiger partial charge in [0.25, 0.3) is 5.91 Å². The van der Waals surface area contributed by atoms with Crippen molar-refractivity contribution in [2.45, 2.75) is 124 Å². The number of carbonyl (C=O) groups is 7. The molecule has 1 aliphatic heterocycles. The number of amides is 8. The predicted molar refractivity (Wildman–Crippen MR) is 266 cm³/mol. The normalized spacial score (nSPS) is 12.7. The molecule has 0 spiro atoms. The fourth-order valence-corrected chi connectivity index (χ4v) is 7.41. The van der Waals surface area contributed by atoms with Crippen molar-refractivity contribution in [3.05, 3.63) is 88.8 Å². The summed E-state index contributed by atoms with van der Waals surface area (Å²) in [5, 5.41) is 16.4. The number of aliphatic imine (C=N–C) groups is 1. The van der Waals surface area contributed by atoms with Gasteiger partial charge in [-0.2, -0.15) is 0 Å². The number of anilines is 2. The van der Waals surface area contributed by atoms with Crippen molar-refractivity contribution in [3.63, 3.8) is 0 Å². The summed E-state index contributed by atoms with van der Waals surface area (Å²) in [6.07, 6.45) is 10.5. The summed E-state index contributed by atoms with van der Waals surface area (Å²) in [6, 6.07) is 10.7. The topological polar surface area (TPSA) is 281 Å². The van der Waals surface area contributed by atoms with Crippen LogP contribution in [0.3, 0.4) is 0 Å². The SMILES string of the molecule is CCCCCCC(=O)N[C@H](C(=O)N[C@@H](CCCNC(N)=O)C(=O)Nc1ccc(COC(=O)NCc2cncc(NC(=O)c3ccc4c(c3)N=C(N)CC(C(=O)N(CCC)CCC)=C4)c2)cc1)C(C)C. The van der Waals surface area contributed by atoms with Crippen LogP contribution in [-0.2, 0) is 37.1 Å². The second kappa shape index (κ2) is 28.1. The molecule has 0 saturated heterocycles. The molecule has 4 rings (SSSR count). The highest BCUT2D eigenvalue weighted by Gasteiger charge is 2.29. The molecule has 8 amide bonds. The summed E-state index contributed by atoms with van der Waals surface area (Å²) in [7, 11) is 0. The van der Waals surface area contributed by atoms with Gasteiger partial charge in [-0.1, -0.05) is 72.1 Å². The van der Waals surface area contributed by atoms with Crippen molar-refractivity contribution in [2.24, 2.45) is 22.4 Å². The van der Waals surface area contributed by atoms with Crippen molar-refractivity contribution in [2.75, 3.05) is 30.3 Å². The Bertz CT molecular complexity index is 2310. The van der Waals surface area contributed by atoms with Crippen molar-refractivity contribution >= 4 is 70.6 Å². The highest BCUT2D eigenvalue weighted by molar-refractivity contribution is 6.08. The Kier molecular flexibility index (Phi) is 22.1. The van der Waals surface area contributed by atoms with Crippen LogP contribution in [0.2, 0.25) is 0 Å². The quantitative estimate of drug-likeness (QED) is 0.0424. The standard InChI is InChI=1S/C50H69N11O8/c1-6-9-10-11-14-43(62)60-44(32(4)5)47(65)59-40(13-12-21-54-49(52)67)46(64)56-38-19-15-33(16-20-38)31-69-50(68)55-29-34-24-39(30-53-28-34)57-45(63)36-18-17-35-25-37(27-42(51)58-41(35)26-36)48(66)61(22-7-2)23-8-3/h15-20,24-26,28,30,32,40,44H,6-14,21-23,27,29,31H2,1-5H3,(H2,51,58)(H,55,68)(H,56,64)(H,57,63)(H,59,65)(H,60,62)(H3,52,54,67)/t40-,44-/m0/s1. The number of benzene rings is 2. The van der Waals surface area contributed by atoms with E-state index in [0.717, 1.165) is 38.5 Å². The number of urea groups is 1. The molecule has 0 saturated carbocycles. The zero-order valence-corrected chi connectivity index (χ0v) is 40.5. The molecule has 19 heteroatoms. The first-order valence-electron chi connectivity index (χ1n) is 23.8. The van der Waals surface area contributed by atoms with Gasteiger partial charge in [-0.05, 0) is 85.6 Å². The first-order valence-corrected chi connectivity index (χ1v) is 23.8. The fourth-order valence-electron chi connectivity index (χ4n) is 7.41. The minimum absolute atomic E-state index is 0.0499. The molecule has 69 heavy (non-hydrogen) atoms. The molecule has 0 radical (unpaired) electrons. The summed E-state index contributed by atoms with van der Waals surface area (Å²) >= 11 is 0. The number of nitrogens with two attached hydrogens (primary N) is 2. The van der Waals surface area contributed by atoms with Gasteiger partial charge in [-0.3, -0.25) is 29.0 Å². The molecule has 0 fully saturated rings. The first-order chi connectivity index (χ1) is 33.1. The number of primary amides is 1. The molecule has 1 aliphatic rings. The largest absolute Gasteiger partial charge is 0.445 e. The lowest BCUT2D eigenvalue weighted by Gasteiger charge is -2.25. The van der Waals surface area contributed by atoms with Crippen LogP contribution in [0.1, 0.15) is 126 Å². The summed E-state index contributed by atoms with van der Waals surface area (Å²) < 4.78 is 5.41. The van der Waals surface area contributed by atoms with E-state index in [4.69, 9.17) is 16.2 Å². The van der Waals surface area contributed by atoms with E-state index in [0.29, 0.717) is 70.8 Å². The van der Waals surface area contributed by atoms with E-state index in [1.165, 1.54) is 6.20 Å². The number of carbonyl (C=O) groups excluding carboxylic acids is 7. The summed E-state index contributed by atoms with van der Waals surface area (Å²) in [5.74, 6) is -1.71. The Balaban J connectivity index is 1.29. The Morgan fingerprint density at radius 3 is 2.20 bits per heavy atom. The van der Waals surface area contributed by atoms with E-state index >= 15 is 0 Å². The third kappa shape index (κ3) is 18.4. The Hall–Kier alpha value is -7.31. The highest BCUT2D eigenvalue weighted by atomic mass is 16.5. The number of nitrogens with zero attached hydrogens (tertiary/aromatic N) is 3. The zero-order chi connectivity index (χ0) is 50.3. The lowest BCUT2D eigenvalue weighted by molar-refractivity contribution is -0.132. The van der Waals surface area contributed by atoms with E-state index in [1.54, 1.807) is 60.8 Å². The number of pyridine rings is 1. The van der Waals surface area contributed by atoms with Gasteiger partial charge in [0.05, 0.1) is 17.6 Å². The molecule has 2 heterocycles. The number of rotatable bonds is 26. The molecular weight excluding hydrogens is 883 g/mol.